The fraction of sp³-hybridized carbons (Fsp3) is 0. The SMILES string of the molecule is O=C(O)c1ccccc1Nc1n[n+](-c2ccccc2)ns1. The van der Waals surface area contributed by atoms with Crippen LogP contribution in [0.5, 0.6) is 0 Å². The second-order valence-corrected chi connectivity index (χ2v) is 4.91. The van der Waals surface area contributed by atoms with Gasteiger partial charge in [0.25, 0.3) is 10.8 Å². The van der Waals surface area contributed by atoms with E-state index in [1.54, 1.807) is 18.2 Å². The Balaban J connectivity index is 1.87. The second kappa shape index (κ2) is 5.68. The molecule has 0 bridgehead atoms. The van der Waals surface area contributed by atoms with E-state index in [1.165, 1.54) is 10.9 Å². The van der Waals surface area contributed by atoms with Crippen LogP contribution < -0.4 is 10.1 Å². The van der Waals surface area contributed by atoms with Gasteiger partial charge in [0.05, 0.1) is 32.7 Å². The van der Waals surface area contributed by atoms with E-state index in [4.69, 9.17) is 5.11 Å². The van der Waals surface area contributed by atoms with E-state index in [0.717, 1.165) is 17.2 Å². The van der Waals surface area contributed by atoms with E-state index in [0.29, 0.717) is 10.8 Å². The number of hydrogen-bond donors (Lipinski definition) is 2. The van der Waals surface area contributed by atoms with Gasteiger partial charge in [0, 0.05) is 12.1 Å². The molecule has 0 aliphatic rings. The van der Waals surface area contributed by atoms with Crippen molar-refractivity contribution in [2.75, 3.05) is 5.32 Å². The number of rotatable bonds is 4. The molecule has 21 heavy (non-hydrogen) atoms. The molecule has 1 aromatic heterocycles. The molecule has 0 radical (unpaired) electrons. The molecule has 0 aliphatic carbocycles. The molecule has 0 aliphatic heterocycles. The second-order valence-electron chi connectivity index (χ2n) is 4.18. The standard InChI is InChI=1S/C14H10N4O2S/c19-13(20)11-8-4-5-9-12(11)15-14-16-18(17-21-14)10-6-2-1-3-7-10/h1-9H,(H-,15,16,17,19,20)/p+1. The lowest BCUT2D eigenvalue weighted by Gasteiger charge is -2.03. The van der Waals surface area contributed by atoms with Gasteiger partial charge >= 0.3 is 5.97 Å². The predicted octanol–water partition coefficient (Wildman–Crippen LogP) is 2.26. The summed E-state index contributed by atoms with van der Waals surface area (Å²) in [7, 11) is 0. The lowest BCUT2D eigenvalue weighted by Crippen LogP contribution is -2.35. The largest absolute Gasteiger partial charge is 0.478 e. The summed E-state index contributed by atoms with van der Waals surface area (Å²) >= 11 is 1.16. The van der Waals surface area contributed by atoms with Crippen LogP contribution in [0.2, 0.25) is 0 Å². The Morgan fingerprint density at radius 2 is 1.81 bits per heavy atom. The molecular formula is C14H11N4O2S+. The first-order valence-corrected chi connectivity index (χ1v) is 6.92. The maximum atomic E-state index is 11.2. The fourth-order valence-corrected chi connectivity index (χ4v) is 2.36. The highest BCUT2D eigenvalue weighted by molar-refractivity contribution is 7.09. The molecule has 0 saturated carbocycles. The molecule has 0 saturated heterocycles. The van der Waals surface area contributed by atoms with Gasteiger partial charge in [0.2, 0.25) is 0 Å². The Kier molecular flexibility index (Phi) is 3.57. The average Bonchev–Trinajstić information content (AvgIpc) is 2.97. The van der Waals surface area contributed by atoms with Crippen molar-refractivity contribution >= 4 is 28.3 Å². The van der Waals surface area contributed by atoms with Gasteiger partial charge in [0.15, 0.2) is 0 Å². The number of carbonyl (C=O) groups is 1. The normalized spacial score (nSPS) is 10.3. The van der Waals surface area contributed by atoms with Gasteiger partial charge < -0.3 is 10.4 Å². The van der Waals surface area contributed by atoms with Crippen LogP contribution >= 0.6 is 11.5 Å². The summed E-state index contributed by atoms with van der Waals surface area (Å²) in [6.07, 6.45) is 0. The molecule has 7 heteroatoms. The average molecular weight is 299 g/mol. The smallest absolute Gasteiger partial charge is 0.337 e. The number of nitrogens with one attached hydrogen (secondary N) is 1. The number of anilines is 2. The van der Waals surface area contributed by atoms with Gasteiger partial charge in [-0.15, -0.1) is 0 Å². The van der Waals surface area contributed by atoms with Gasteiger partial charge in [-0.3, -0.25) is 0 Å². The summed E-state index contributed by atoms with van der Waals surface area (Å²) < 4.78 is 4.19. The van der Waals surface area contributed by atoms with Crippen LogP contribution in [0.15, 0.2) is 54.6 Å². The molecule has 104 valence electrons. The molecule has 0 atom stereocenters. The van der Waals surface area contributed by atoms with Crippen LogP contribution in [0.25, 0.3) is 5.69 Å². The minimum atomic E-state index is -0.987. The highest BCUT2D eigenvalue weighted by atomic mass is 32.1. The first-order chi connectivity index (χ1) is 10.2. The molecule has 3 aromatic rings. The predicted molar refractivity (Wildman–Crippen MR) is 78.1 cm³/mol. The molecule has 1 heterocycles. The third-order valence-corrected chi connectivity index (χ3v) is 3.37. The van der Waals surface area contributed by atoms with Gasteiger partial charge in [-0.05, 0) is 12.1 Å². The number of carboxylic acids is 1. The van der Waals surface area contributed by atoms with Crippen LogP contribution in [0, 0.1) is 0 Å². The zero-order valence-electron chi connectivity index (χ0n) is 10.8. The summed E-state index contributed by atoms with van der Waals surface area (Å²) in [6, 6.07) is 16.2. The van der Waals surface area contributed by atoms with Crippen molar-refractivity contribution in [1.29, 1.82) is 0 Å². The third-order valence-electron chi connectivity index (χ3n) is 2.78. The van der Waals surface area contributed by atoms with Gasteiger partial charge in [0.1, 0.15) is 4.49 Å². The van der Waals surface area contributed by atoms with Crippen LogP contribution in [0.1, 0.15) is 10.4 Å². The lowest BCUT2D eigenvalue weighted by atomic mass is 10.2. The zero-order valence-corrected chi connectivity index (χ0v) is 11.6. The number of carboxylic acid groups (broad SMARTS) is 1. The van der Waals surface area contributed by atoms with Crippen molar-refractivity contribution < 1.29 is 14.7 Å². The lowest BCUT2D eigenvalue weighted by molar-refractivity contribution is -0.709. The Bertz CT molecular complexity index is 773. The fourth-order valence-electron chi connectivity index (χ4n) is 1.81. The molecule has 6 nitrogen and oxygen atoms in total. The monoisotopic (exact) mass is 299 g/mol. The molecule has 2 N–H and O–H groups in total. The van der Waals surface area contributed by atoms with E-state index in [2.05, 4.69) is 14.9 Å². The maximum absolute atomic E-state index is 11.2. The first-order valence-electron chi connectivity index (χ1n) is 6.15. The summed E-state index contributed by atoms with van der Waals surface area (Å²) in [5.41, 5.74) is 1.52. The minimum Gasteiger partial charge on any atom is -0.478 e. The molecular weight excluding hydrogens is 288 g/mol. The van der Waals surface area contributed by atoms with Crippen molar-refractivity contribution in [3.8, 4) is 5.69 Å². The molecule has 0 fully saturated rings. The van der Waals surface area contributed by atoms with Crippen LogP contribution in [0.4, 0.5) is 10.8 Å². The summed E-state index contributed by atoms with van der Waals surface area (Å²) in [6.45, 7) is 0. The number of benzene rings is 2. The van der Waals surface area contributed by atoms with Gasteiger partial charge in [-0.25, -0.2) is 4.79 Å². The Hall–Kier alpha value is -2.80. The topological polar surface area (TPSA) is 79.0 Å². The number of para-hydroxylation sites is 2. The van der Waals surface area contributed by atoms with Crippen molar-refractivity contribution in [1.82, 2.24) is 9.59 Å². The minimum absolute atomic E-state index is 0.193. The van der Waals surface area contributed by atoms with E-state index in [-0.39, 0.29) is 5.56 Å². The van der Waals surface area contributed by atoms with Crippen molar-refractivity contribution in [3.63, 3.8) is 0 Å². The Morgan fingerprint density at radius 1 is 1.10 bits per heavy atom. The Morgan fingerprint density at radius 3 is 2.57 bits per heavy atom. The van der Waals surface area contributed by atoms with E-state index in [9.17, 15) is 4.79 Å². The third kappa shape index (κ3) is 2.87. The molecule has 0 amide bonds. The highest BCUT2D eigenvalue weighted by Crippen LogP contribution is 2.20. The number of hydrogen-bond acceptors (Lipinski definition) is 5. The van der Waals surface area contributed by atoms with E-state index < -0.39 is 5.97 Å². The molecule has 2 aromatic carbocycles. The summed E-state index contributed by atoms with van der Waals surface area (Å²) in [4.78, 5) is 12.7. The molecule has 0 spiro atoms. The first kappa shape index (κ1) is 13.2. The van der Waals surface area contributed by atoms with Crippen LogP contribution in [-0.2, 0) is 0 Å². The van der Waals surface area contributed by atoms with Crippen molar-refractivity contribution in [2.45, 2.75) is 0 Å². The number of aromatic nitrogens is 3. The van der Waals surface area contributed by atoms with Gasteiger partial charge in [-0.1, -0.05) is 30.3 Å². The summed E-state index contributed by atoms with van der Waals surface area (Å²) in [5, 5.41) is 17.0. The summed E-state index contributed by atoms with van der Waals surface area (Å²) in [5.74, 6) is -0.987. The van der Waals surface area contributed by atoms with Crippen LogP contribution in [-0.4, -0.2) is 20.7 Å². The van der Waals surface area contributed by atoms with E-state index >= 15 is 0 Å². The Labute approximate surface area is 124 Å². The molecule has 3 rings (SSSR count). The maximum Gasteiger partial charge on any atom is 0.337 e. The van der Waals surface area contributed by atoms with Crippen LogP contribution in [0.3, 0.4) is 0 Å². The van der Waals surface area contributed by atoms with Crippen molar-refractivity contribution in [3.05, 3.63) is 60.2 Å². The highest BCUT2D eigenvalue weighted by Gasteiger charge is 2.17. The number of aromatic carboxylic acids is 1. The van der Waals surface area contributed by atoms with E-state index in [1.807, 2.05) is 30.3 Å². The molecule has 0 unspecified atom stereocenters. The van der Waals surface area contributed by atoms with Crippen molar-refractivity contribution in [2.24, 2.45) is 0 Å². The quantitative estimate of drug-likeness (QED) is 0.722. The number of nitrogens with zero attached hydrogens (tertiary/aromatic N) is 3. The van der Waals surface area contributed by atoms with Gasteiger partial charge in [-0.2, -0.15) is 0 Å². The zero-order chi connectivity index (χ0) is 14.7.